The van der Waals surface area contributed by atoms with Crippen molar-refractivity contribution < 1.29 is 17.9 Å². The summed E-state index contributed by atoms with van der Waals surface area (Å²) in [5.41, 5.74) is 2.15. The fourth-order valence-corrected chi connectivity index (χ4v) is 3.09. The maximum absolute atomic E-state index is 12.6. The Morgan fingerprint density at radius 3 is 2.29 bits per heavy atom. The van der Waals surface area contributed by atoms with Crippen molar-refractivity contribution in [1.29, 1.82) is 0 Å². The van der Waals surface area contributed by atoms with Crippen molar-refractivity contribution in [3.8, 4) is 5.75 Å². The third-order valence-electron chi connectivity index (χ3n) is 3.84. The lowest BCUT2D eigenvalue weighted by Crippen LogP contribution is -2.27. The van der Waals surface area contributed by atoms with Crippen LogP contribution in [0.1, 0.15) is 34.5 Å². The Kier molecular flexibility index (Phi) is 5.29. The van der Waals surface area contributed by atoms with Gasteiger partial charge in [0.1, 0.15) is 5.75 Å². The van der Waals surface area contributed by atoms with Crippen molar-refractivity contribution in [1.82, 2.24) is 5.32 Å². The predicted molar refractivity (Wildman–Crippen MR) is 93.2 cm³/mol. The standard InChI is InChI=1S/C18H21NO4S/c1-12-6-5-7-16(23-3)17(12)18(20)19-13(2)14-8-10-15(11-9-14)24(4,21)22/h5-11,13H,1-4H3,(H,19,20). The molecule has 0 saturated carbocycles. The lowest BCUT2D eigenvalue weighted by Gasteiger charge is -2.17. The smallest absolute Gasteiger partial charge is 0.255 e. The first-order valence-corrected chi connectivity index (χ1v) is 9.37. The Labute approximate surface area is 142 Å². The molecule has 0 aliphatic carbocycles. The van der Waals surface area contributed by atoms with Crippen LogP contribution in [0.5, 0.6) is 5.75 Å². The molecule has 0 aromatic heterocycles. The van der Waals surface area contributed by atoms with Crippen molar-refractivity contribution in [2.24, 2.45) is 0 Å². The summed E-state index contributed by atoms with van der Waals surface area (Å²) in [6.07, 6.45) is 1.16. The second-order valence-corrected chi connectivity index (χ2v) is 7.70. The highest BCUT2D eigenvalue weighted by atomic mass is 32.2. The number of carbonyl (C=O) groups excluding carboxylic acids is 1. The first-order chi connectivity index (χ1) is 11.2. The number of benzene rings is 2. The molecule has 0 saturated heterocycles. The molecular formula is C18H21NO4S. The Balaban J connectivity index is 2.21. The van der Waals surface area contributed by atoms with Gasteiger partial charge < -0.3 is 10.1 Å². The number of methoxy groups -OCH3 is 1. The molecule has 1 atom stereocenters. The second kappa shape index (κ2) is 7.05. The number of rotatable bonds is 5. The topological polar surface area (TPSA) is 72.5 Å². The lowest BCUT2D eigenvalue weighted by atomic mass is 10.0. The van der Waals surface area contributed by atoms with Gasteiger partial charge >= 0.3 is 0 Å². The van der Waals surface area contributed by atoms with E-state index in [4.69, 9.17) is 4.74 Å². The van der Waals surface area contributed by atoms with Gasteiger partial charge in [0, 0.05) is 6.26 Å². The average Bonchev–Trinajstić information content (AvgIpc) is 2.53. The summed E-state index contributed by atoms with van der Waals surface area (Å²) in [7, 11) is -1.70. The van der Waals surface area contributed by atoms with E-state index in [9.17, 15) is 13.2 Å². The van der Waals surface area contributed by atoms with E-state index in [0.29, 0.717) is 11.3 Å². The molecule has 128 valence electrons. The van der Waals surface area contributed by atoms with Gasteiger partial charge in [-0.05, 0) is 43.2 Å². The van der Waals surface area contributed by atoms with Crippen LogP contribution >= 0.6 is 0 Å². The van der Waals surface area contributed by atoms with Crippen molar-refractivity contribution >= 4 is 15.7 Å². The Bertz CT molecular complexity index is 842. The normalized spacial score (nSPS) is 12.5. The molecule has 2 rings (SSSR count). The number of hydrogen-bond acceptors (Lipinski definition) is 4. The molecule has 0 aliphatic heterocycles. The minimum absolute atomic E-state index is 0.232. The van der Waals surface area contributed by atoms with Gasteiger partial charge in [0.15, 0.2) is 9.84 Å². The van der Waals surface area contributed by atoms with Gasteiger partial charge in [-0.3, -0.25) is 4.79 Å². The number of ether oxygens (including phenoxy) is 1. The van der Waals surface area contributed by atoms with Crippen LogP contribution in [0.15, 0.2) is 47.4 Å². The molecule has 0 bridgehead atoms. The molecule has 0 heterocycles. The van der Waals surface area contributed by atoms with Crippen LogP contribution < -0.4 is 10.1 Å². The van der Waals surface area contributed by atoms with Gasteiger partial charge in [-0.15, -0.1) is 0 Å². The number of aryl methyl sites for hydroxylation is 1. The zero-order valence-electron chi connectivity index (χ0n) is 14.2. The van der Waals surface area contributed by atoms with Crippen LogP contribution in [0.25, 0.3) is 0 Å². The van der Waals surface area contributed by atoms with E-state index in [-0.39, 0.29) is 16.8 Å². The van der Waals surface area contributed by atoms with E-state index in [2.05, 4.69) is 5.32 Å². The Morgan fingerprint density at radius 1 is 1.12 bits per heavy atom. The largest absolute Gasteiger partial charge is 0.496 e. The van der Waals surface area contributed by atoms with Crippen LogP contribution in [0.4, 0.5) is 0 Å². The summed E-state index contributed by atoms with van der Waals surface area (Å²) in [6.45, 7) is 3.70. The monoisotopic (exact) mass is 347 g/mol. The minimum atomic E-state index is -3.23. The highest BCUT2D eigenvalue weighted by Gasteiger charge is 2.18. The Hall–Kier alpha value is -2.34. The number of hydrogen-bond donors (Lipinski definition) is 1. The van der Waals surface area contributed by atoms with Gasteiger partial charge in [0.25, 0.3) is 5.91 Å². The zero-order chi connectivity index (χ0) is 17.9. The fraction of sp³-hybridized carbons (Fsp3) is 0.278. The summed E-state index contributed by atoms with van der Waals surface area (Å²) in [4.78, 5) is 12.8. The maximum atomic E-state index is 12.6. The highest BCUT2D eigenvalue weighted by molar-refractivity contribution is 7.90. The van der Waals surface area contributed by atoms with Crippen molar-refractivity contribution in [2.75, 3.05) is 13.4 Å². The van der Waals surface area contributed by atoms with Gasteiger partial charge in [0.05, 0.1) is 23.6 Å². The van der Waals surface area contributed by atoms with Crippen LogP contribution in [0.3, 0.4) is 0 Å². The summed E-state index contributed by atoms with van der Waals surface area (Å²) in [6, 6.07) is 11.7. The molecule has 0 aliphatic rings. The molecule has 1 N–H and O–H groups in total. The summed E-state index contributed by atoms with van der Waals surface area (Å²) in [5, 5.41) is 2.92. The van der Waals surface area contributed by atoms with Crippen molar-refractivity contribution in [3.63, 3.8) is 0 Å². The molecule has 2 aromatic rings. The average molecular weight is 347 g/mol. The van der Waals surface area contributed by atoms with E-state index >= 15 is 0 Å². The molecule has 0 fully saturated rings. The summed E-state index contributed by atoms with van der Waals surface area (Å²) >= 11 is 0. The van der Waals surface area contributed by atoms with Crippen molar-refractivity contribution in [2.45, 2.75) is 24.8 Å². The third kappa shape index (κ3) is 3.94. The molecule has 6 heteroatoms. The van der Waals surface area contributed by atoms with Crippen LogP contribution in [-0.4, -0.2) is 27.7 Å². The zero-order valence-corrected chi connectivity index (χ0v) is 15.0. The third-order valence-corrected chi connectivity index (χ3v) is 4.97. The van der Waals surface area contributed by atoms with Gasteiger partial charge in [-0.2, -0.15) is 0 Å². The summed E-state index contributed by atoms with van der Waals surface area (Å²) < 4.78 is 28.3. The van der Waals surface area contributed by atoms with Gasteiger partial charge in [-0.1, -0.05) is 24.3 Å². The van der Waals surface area contributed by atoms with Crippen LogP contribution in [-0.2, 0) is 9.84 Å². The van der Waals surface area contributed by atoms with E-state index < -0.39 is 9.84 Å². The predicted octanol–water partition coefficient (Wildman–Crippen LogP) is 2.90. The number of carbonyl (C=O) groups is 1. The maximum Gasteiger partial charge on any atom is 0.255 e. The molecular weight excluding hydrogens is 326 g/mol. The van der Waals surface area contributed by atoms with E-state index in [1.54, 1.807) is 30.3 Å². The van der Waals surface area contributed by atoms with E-state index in [1.165, 1.54) is 7.11 Å². The van der Waals surface area contributed by atoms with E-state index in [1.807, 2.05) is 26.0 Å². The molecule has 5 nitrogen and oxygen atoms in total. The first-order valence-electron chi connectivity index (χ1n) is 7.48. The molecule has 0 radical (unpaired) electrons. The second-order valence-electron chi connectivity index (χ2n) is 5.69. The quantitative estimate of drug-likeness (QED) is 0.903. The molecule has 0 spiro atoms. The molecule has 1 unspecified atom stereocenters. The number of amides is 1. The fourth-order valence-electron chi connectivity index (χ4n) is 2.46. The molecule has 2 aromatic carbocycles. The number of nitrogens with one attached hydrogen (secondary N) is 1. The van der Waals surface area contributed by atoms with Crippen LogP contribution in [0, 0.1) is 6.92 Å². The summed E-state index contributed by atoms with van der Waals surface area (Å²) in [5.74, 6) is 0.289. The highest BCUT2D eigenvalue weighted by Crippen LogP contribution is 2.23. The van der Waals surface area contributed by atoms with Gasteiger partial charge in [0.2, 0.25) is 0 Å². The van der Waals surface area contributed by atoms with Crippen molar-refractivity contribution in [3.05, 3.63) is 59.2 Å². The molecule has 1 amide bonds. The molecule has 24 heavy (non-hydrogen) atoms. The van der Waals surface area contributed by atoms with Gasteiger partial charge in [-0.25, -0.2) is 8.42 Å². The lowest BCUT2D eigenvalue weighted by molar-refractivity contribution is 0.0936. The Morgan fingerprint density at radius 2 is 1.75 bits per heavy atom. The minimum Gasteiger partial charge on any atom is -0.496 e. The van der Waals surface area contributed by atoms with Crippen LogP contribution in [0.2, 0.25) is 0 Å². The first kappa shape index (κ1) is 18.0. The van der Waals surface area contributed by atoms with E-state index in [0.717, 1.165) is 17.4 Å². The number of sulfone groups is 1. The SMILES string of the molecule is COc1cccc(C)c1C(=O)NC(C)c1ccc(S(C)(=O)=O)cc1.